The minimum Gasteiger partial charge on any atom is -0.384 e. The molecule has 1 unspecified atom stereocenters. The molecule has 0 aromatic heterocycles. The van der Waals surface area contributed by atoms with E-state index in [1.165, 1.54) is 4.90 Å². The van der Waals surface area contributed by atoms with Gasteiger partial charge in [-0.15, -0.1) is 0 Å². The Labute approximate surface area is 123 Å². The van der Waals surface area contributed by atoms with Crippen LogP contribution in [0.3, 0.4) is 0 Å². The van der Waals surface area contributed by atoms with Gasteiger partial charge in [-0.25, -0.2) is 0 Å². The number of carbonyl (C=O) groups is 1. The fourth-order valence-electron chi connectivity index (χ4n) is 1.64. The van der Waals surface area contributed by atoms with Crippen molar-refractivity contribution in [3.05, 3.63) is 34.3 Å². The molecule has 1 amide bonds. The molecule has 0 bridgehead atoms. The minimum atomic E-state index is -0.244. The van der Waals surface area contributed by atoms with Gasteiger partial charge in [0.05, 0.1) is 17.0 Å². The predicted octanol–water partition coefficient (Wildman–Crippen LogP) is 1.92. The number of hydrogen-bond donors (Lipinski definition) is 1. The zero-order valence-electron chi connectivity index (χ0n) is 11.4. The summed E-state index contributed by atoms with van der Waals surface area (Å²) in [5, 5.41) is 17.8. The lowest BCUT2D eigenvalue weighted by Gasteiger charge is -2.18. The molecule has 104 valence electrons. The van der Waals surface area contributed by atoms with Crippen LogP contribution in [0, 0.1) is 29.1 Å². The summed E-state index contributed by atoms with van der Waals surface area (Å²) < 4.78 is 0. The molecule has 1 N–H and O–H groups in total. The van der Waals surface area contributed by atoms with E-state index < -0.39 is 0 Å². The summed E-state index contributed by atoms with van der Waals surface area (Å²) in [7, 11) is 1.64. The smallest absolute Gasteiger partial charge is 0.253 e. The molecule has 5 heteroatoms. The molecule has 0 heterocycles. The van der Waals surface area contributed by atoms with Gasteiger partial charge in [0.25, 0.3) is 5.91 Å². The Hall–Kier alpha value is -2.01. The van der Waals surface area contributed by atoms with E-state index in [4.69, 9.17) is 22.0 Å². The molecule has 1 aromatic carbocycles. The largest absolute Gasteiger partial charge is 0.384 e. The molecule has 4 nitrogen and oxygen atoms in total. The quantitative estimate of drug-likeness (QED) is 0.865. The van der Waals surface area contributed by atoms with Crippen molar-refractivity contribution in [1.82, 2.24) is 4.90 Å². The molecule has 0 saturated heterocycles. The van der Waals surface area contributed by atoms with Crippen molar-refractivity contribution >= 4 is 17.5 Å². The summed E-state index contributed by atoms with van der Waals surface area (Å²) in [6.07, 6.45) is 0. The second kappa shape index (κ2) is 7.55. The fourth-order valence-corrected chi connectivity index (χ4v) is 1.87. The summed E-state index contributed by atoms with van der Waals surface area (Å²) in [6, 6.07) is 6.89. The van der Waals surface area contributed by atoms with Crippen molar-refractivity contribution in [3.63, 3.8) is 0 Å². The first-order chi connectivity index (χ1) is 9.49. The SMILES string of the molecule is CC(C#N)CN(C)C(=O)c1ccc(C#CCO)c(Cl)c1. The highest BCUT2D eigenvalue weighted by atomic mass is 35.5. The molecule has 0 spiro atoms. The van der Waals surface area contributed by atoms with E-state index in [-0.39, 0.29) is 18.4 Å². The number of aliphatic hydroxyl groups excluding tert-OH is 1. The Morgan fingerprint density at radius 2 is 2.25 bits per heavy atom. The summed E-state index contributed by atoms with van der Waals surface area (Å²) in [6.45, 7) is 1.87. The second-order valence-electron chi connectivity index (χ2n) is 4.37. The van der Waals surface area contributed by atoms with Crippen LogP contribution < -0.4 is 0 Å². The average Bonchev–Trinajstić information content (AvgIpc) is 2.44. The number of rotatable bonds is 3. The van der Waals surface area contributed by atoms with Crippen LogP contribution in [0.25, 0.3) is 0 Å². The van der Waals surface area contributed by atoms with Gasteiger partial charge in [0, 0.05) is 24.7 Å². The molecule has 1 rings (SSSR count). The van der Waals surface area contributed by atoms with Crippen LogP contribution in [-0.2, 0) is 0 Å². The van der Waals surface area contributed by atoms with Gasteiger partial charge in [-0.1, -0.05) is 23.4 Å². The molecular formula is C15H15ClN2O2. The lowest BCUT2D eigenvalue weighted by molar-refractivity contribution is 0.0785. The van der Waals surface area contributed by atoms with Crippen molar-refractivity contribution < 1.29 is 9.90 Å². The third-order valence-corrected chi connectivity index (χ3v) is 2.95. The predicted molar refractivity (Wildman–Crippen MR) is 77.2 cm³/mol. The van der Waals surface area contributed by atoms with Crippen LogP contribution in [0.5, 0.6) is 0 Å². The molecule has 20 heavy (non-hydrogen) atoms. The number of benzene rings is 1. The van der Waals surface area contributed by atoms with Gasteiger partial charge in [-0.3, -0.25) is 4.79 Å². The average molecular weight is 291 g/mol. The highest BCUT2D eigenvalue weighted by molar-refractivity contribution is 6.32. The number of carbonyl (C=O) groups excluding carboxylic acids is 1. The van der Waals surface area contributed by atoms with Gasteiger partial charge >= 0.3 is 0 Å². The van der Waals surface area contributed by atoms with Crippen molar-refractivity contribution in [2.24, 2.45) is 5.92 Å². The Balaban J connectivity index is 2.90. The van der Waals surface area contributed by atoms with E-state index >= 15 is 0 Å². The summed E-state index contributed by atoms with van der Waals surface area (Å²) >= 11 is 6.04. The van der Waals surface area contributed by atoms with E-state index in [0.717, 1.165) is 0 Å². The first-order valence-electron chi connectivity index (χ1n) is 6.04. The lowest BCUT2D eigenvalue weighted by atomic mass is 10.1. The standard InChI is InChI=1S/C15H15ClN2O2/c1-11(9-17)10-18(2)15(20)13-6-5-12(4-3-7-19)14(16)8-13/h5-6,8,11,19H,7,10H2,1-2H3. The molecule has 0 radical (unpaired) electrons. The monoisotopic (exact) mass is 290 g/mol. The fraction of sp³-hybridized carbons (Fsp3) is 0.333. The molecule has 0 fully saturated rings. The minimum absolute atomic E-state index is 0.198. The Morgan fingerprint density at radius 1 is 1.55 bits per heavy atom. The number of halogens is 1. The summed E-state index contributed by atoms with van der Waals surface area (Å²) in [4.78, 5) is 13.6. The number of hydrogen-bond acceptors (Lipinski definition) is 3. The van der Waals surface area contributed by atoms with Gasteiger partial charge in [0.2, 0.25) is 0 Å². The first-order valence-corrected chi connectivity index (χ1v) is 6.41. The molecule has 0 aliphatic carbocycles. The Bertz CT molecular complexity index is 596. The summed E-state index contributed by atoms with van der Waals surface area (Å²) in [5.74, 6) is 4.77. The van der Waals surface area contributed by atoms with Crippen LogP contribution in [0.15, 0.2) is 18.2 Å². The third kappa shape index (κ3) is 4.28. The van der Waals surface area contributed by atoms with Crippen LogP contribution in [0.4, 0.5) is 0 Å². The van der Waals surface area contributed by atoms with Gasteiger partial charge in [-0.2, -0.15) is 5.26 Å². The van der Waals surface area contributed by atoms with E-state index in [1.54, 1.807) is 32.2 Å². The lowest BCUT2D eigenvalue weighted by Crippen LogP contribution is -2.30. The van der Waals surface area contributed by atoms with Crippen LogP contribution in [0.2, 0.25) is 5.02 Å². The van der Waals surface area contributed by atoms with Crippen molar-refractivity contribution in [1.29, 1.82) is 5.26 Å². The third-order valence-electron chi connectivity index (χ3n) is 2.63. The molecular weight excluding hydrogens is 276 g/mol. The van der Waals surface area contributed by atoms with Crippen LogP contribution in [-0.4, -0.2) is 36.1 Å². The first kappa shape index (κ1) is 16.0. The maximum absolute atomic E-state index is 12.2. The highest BCUT2D eigenvalue weighted by Gasteiger charge is 2.15. The molecule has 0 saturated carbocycles. The Kier molecular flexibility index (Phi) is 6.06. The van der Waals surface area contributed by atoms with E-state index in [2.05, 4.69) is 17.9 Å². The molecule has 0 aliphatic rings. The Morgan fingerprint density at radius 3 is 2.80 bits per heavy atom. The zero-order chi connectivity index (χ0) is 15.1. The summed E-state index contributed by atoms with van der Waals surface area (Å²) in [5.41, 5.74) is 1.00. The number of amides is 1. The highest BCUT2D eigenvalue weighted by Crippen LogP contribution is 2.18. The van der Waals surface area contributed by atoms with Gasteiger partial charge < -0.3 is 10.0 Å². The van der Waals surface area contributed by atoms with Gasteiger partial charge in [-0.05, 0) is 25.1 Å². The van der Waals surface area contributed by atoms with Crippen molar-refractivity contribution in [2.45, 2.75) is 6.92 Å². The number of nitriles is 1. The van der Waals surface area contributed by atoms with Gasteiger partial charge in [0.15, 0.2) is 0 Å². The molecule has 1 atom stereocenters. The van der Waals surface area contributed by atoms with E-state index in [9.17, 15) is 4.79 Å². The van der Waals surface area contributed by atoms with E-state index in [0.29, 0.717) is 22.7 Å². The van der Waals surface area contributed by atoms with Gasteiger partial charge in [0.1, 0.15) is 6.61 Å². The number of nitrogens with zero attached hydrogens (tertiary/aromatic N) is 2. The van der Waals surface area contributed by atoms with Crippen LogP contribution in [0.1, 0.15) is 22.8 Å². The molecule has 1 aromatic rings. The van der Waals surface area contributed by atoms with Crippen LogP contribution >= 0.6 is 11.6 Å². The maximum atomic E-state index is 12.2. The zero-order valence-corrected chi connectivity index (χ0v) is 12.1. The van der Waals surface area contributed by atoms with E-state index in [1.807, 2.05) is 0 Å². The van der Waals surface area contributed by atoms with Crippen molar-refractivity contribution in [2.75, 3.05) is 20.2 Å². The number of aliphatic hydroxyl groups is 1. The maximum Gasteiger partial charge on any atom is 0.253 e. The second-order valence-corrected chi connectivity index (χ2v) is 4.78. The topological polar surface area (TPSA) is 64.3 Å². The molecule has 0 aliphatic heterocycles. The van der Waals surface area contributed by atoms with Crippen molar-refractivity contribution in [3.8, 4) is 17.9 Å². The normalized spacial score (nSPS) is 10.9.